The van der Waals surface area contributed by atoms with E-state index in [4.69, 9.17) is 0 Å². The van der Waals surface area contributed by atoms with Gasteiger partial charge in [-0.25, -0.2) is 4.98 Å². The monoisotopic (exact) mass is 221 g/mol. The van der Waals surface area contributed by atoms with Crippen LogP contribution in [0.25, 0.3) is 4.96 Å². The Kier molecular flexibility index (Phi) is 2.25. The summed E-state index contributed by atoms with van der Waals surface area (Å²) in [7, 11) is 2.06. The minimum absolute atomic E-state index is 0.620. The van der Waals surface area contributed by atoms with Crippen LogP contribution >= 0.6 is 11.3 Å². The van der Waals surface area contributed by atoms with Crippen molar-refractivity contribution in [2.45, 2.75) is 25.3 Å². The van der Waals surface area contributed by atoms with E-state index in [9.17, 15) is 0 Å². The lowest BCUT2D eigenvalue weighted by atomic mass is 10.1. The van der Waals surface area contributed by atoms with E-state index < -0.39 is 0 Å². The van der Waals surface area contributed by atoms with E-state index in [0.29, 0.717) is 6.04 Å². The largest absolute Gasteiger partial charge is 0.316 e. The highest BCUT2D eigenvalue weighted by Crippen LogP contribution is 2.33. The molecule has 2 aromatic heterocycles. The predicted molar refractivity (Wildman–Crippen MR) is 62.3 cm³/mol. The highest BCUT2D eigenvalue weighted by molar-refractivity contribution is 7.15. The Balaban J connectivity index is 1.78. The quantitative estimate of drug-likeness (QED) is 0.855. The van der Waals surface area contributed by atoms with Gasteiger partial charge < -0.3 is 5.32 Å². The lowest BCUT2D eigenvalue weighted by Crippen LogP contribution is -2.29. The minimum Gasteiger partial charge on any atom is -0.316 e. The molecule has 1 fully saturated rings. The summed E-state index contributed by atoms with van der Waals surface area (Å²) in [6, 6.07) is 0.620. The molecule has 0 radical (unpaired) electrons. The number of aromatic nitrogens is 2. The highest BCUT2D eigenvalue weighted by Gasteiger charge is 2.30. The number of nitrogens with one attached hydrogen (secondary N) is 1. The van der Waals surface area contributed by atoms with Gasteiger partial charge in [0, 0.05) is 30.2 Å². The number of nitrogens with zero attached hydrogens (tertiary/aromatic N) is 2. The van der Waals surface area contributed by atoms with Crippen molar-refractivity contribution in [3.05, 3.63) is 23.5 Å². The fourth-order valence-corrected chi connectivity index (χ4v) is 2.82. The third kappa shape index (κ3) is 1.79. The Bertz CT molecular complexity index is 427. The van der Waals surface area contributed by atoms with Crippen molar-refractivity contribution in [2.75, 3.05) is 7.05 Å². The van der Waals surface area contributed by atoms with Gasteiger partial charge in [0.2, 0.25) is 0 Å². The third-order valence-corrected chi connectivity index (χ3v) is 3.90. The van der Waals surface area contributed by atoms with Gasteiger partial charge in [0.25, 0.3) is 0 Å². The molecule has 1 saturated carbocycles. The van der Waals surface area contributed by atoms with Crippen molar-refractivity contribution in [1.82, 2.24) is 14.7 Å². The number of fused-ring (bicyclic) bond motifs is 1. The Morgan fingerprint density at radius 3 is 3.20 bits per heavy atom. The van der Waals surface area contributed by atoms with Gasteiger partial charge in [0.15, 0.2) is 4.96 Å². The molecule has 1 aliphatic rings. The smallest absolute Gasteiger partial charge is 0.193 e. The molecule has 0 aliphatic heterocycles. The summed E-state index contributed by atoms with van der Waals surface area (Å²) in [5, 5.41) is 5.48. The molecule has 1 unspecified atom stereocenters. The number of hydrogen-bond donors (Lipinski definition) is 1. The van der Waals surface area contributed by atoms with Crippen LogP contribution in [0.15, 0.2) is 17.8 Å². The molecule has 0 spiro atoms. The first-order valence-corrected chi connectivity index (χ1v) is 6.33. The topological polar surface area (TPSA) is 29.3 Å². The summed E-state index contributed by atoms with van der Waals surface area (Å²) in [6.07, 6.45) is 8.05. The number of thiazole rings is 1. The van der Waals surface area contributed by atoms with Crippen LogP contribution in [0.5, 0.6) is 0 Å². The van der Waals surface area contributed by atoms with Gasteiger partial charge in [-0.05, 0) is 25.8 Å². The maximum atomic E-state index is 4.61. The van der Waals surface area contributed by atoms with E-state index >= 15 is 0 Å². The predicted octanol–water partition coefficient (Wildman–Crippen LogP) is 1.94. The number of hydrogen-bond acceptors (Lipinski definition) is 3. The van der Waals surface area contributed by atoms with Gasteiger partial charge in [-0.2, -0.15) is 0 Å². The van der Waals surface area contributed by atoms with E-state index in [1.165, 1.54) is 18.5 Å². The third-order valence-electron chi connectivity index (χ3n) is 3.13. The molecule has 15 heavy (non-hydrogen) atoms. The summed E-state index contributed by atoms with van der Waals surface area (Å²) in [5.41, 5.74) is 1.22. The van der Waals surface area contributed by atoms with E-state index in [0.717, 1.165) is 17.3 Å². The van der Waals surface area contributed by atoms with Crippen LogP contribution < -0.4 is 5.32 Å². The van der Waals surface area contributed by atoms with Gasteiger partial charge >= 0.3 is 0 Å². The molecular formula is C11H15N3S. The molecule has 0 saturated heterocycles. The van der Waals surface area contributed by atoms with Crippen LogP contribution in [0.1, 0.15) is 18.5 Å². The second-order valence-electron chi connectivity index (χ2n) is 4.26. The standard InChI is InChI=1S/C11H15N3S/c1-12-10(8-2-3-8)6-9-7-14-4-5-15-11(14)13-9/h4-5,7-8,10,12H,2-3,6H2,1H3. The van der Waals surface area contributed by atoms with Gasteiger partial charge in [-0.15, -0.1) is 11.3 Å². The van der Waals surface area contributed by atoms with Crippen molar-refractivity contribution in [3.8, 4) is 0 Å². The molecule has 2 aromatic rings. The fourth-order valence-electron chi connectivity index (χ4n) is 2.10. The minimum atomic E-state index is 0.620. The van der Waals surface area contributed by atoms with Crippen molar-refractivity contribution in [3.63, 3.8) is 0 Å². The molecule has 0 bridgehead atoms. The first-order chi connectivity index (χ1) is 7.36. The zero-order valence-corrected chi connectivity index (χ0v) is 9.63. The summed E-state index contributed by atoms with van der Waals surface area (Å²) in [6.45, 7) is 0. The van der Waals surface area contributed by atoms with Gasteiger partial charge in [0.05, 0.1) is 5.69 Å². The first kappa shape index (κ1) is 9.36. The van der Waals surface area contributed by atoms with Gasteiger partial charge in [0.1, 0.15) is 0 Å². The van der Waals surface area contributed by atoms with Gasteiger partial charge in [-0.1, -0.05) is 0 Å². The zero-order valence-electron chi connectivity index (χ0n) is 8.81. The second kappa shape index (κ2) is 3.61. The molecule has 80 valence electrons. The van der Waals surface area contributed by atoms with Crippen LogP contribution in [0.2, 0.25) is 0 Å². The zero-order chi connectivity index (χ0) is 10.3. The number of rotatable bonds is 4. The van der Waals surface area contributed by atoms with Crippen LogP contribution in [0.3, 0.4) is 0 Å². The lowest BCUT2D eigenvalue weighted by molar-refractivity contribution is 0.496. The summed E-state index contributed by atoms with van der Waals surface area (Å²) >= 11 is 1.70. The first-order valence-electron chi connectivity index (χ1n) is 5.45. The normalized spacial score (nSPS) is 18.5. The lowest BCUT2D eigenvalue weighted by Gasteiger charge is -2.12. The SMILES string of the molecule is CNC(Cc1cn2ccsc2n1)C1CC1. The summed E-state index contributed by atoms with van der Waals surface area (Å²) < 4.78 is 2.11. The Labute approximate surface area is 93.1 Å². The molecular weight excluding hydrogens is 206 g/mol. The number of imidazole rings is 1. The maximum absolute atomic E-state index is 4.61. The van der Waals surface area contributed by atoms with Crippen molar-refractivity contribution in [2.24, 2.45) is 5.92 Å². The van der Waals surface area contributed by atoms with Crippen molar-refractivity contribution >= 4 is 16.3 Å². The van der Waals surface area contributed by atoms with Gasteiger partial charge in [-0.3, -0.25) is 4.40 Å². The average molecular weight is 221 g/mol. The molecule has 1 aliphatic carbocycles. The second-order valence-corrected chi connectivity index (χ2v) is 5.13. The summed E-state index contributed by atoms with van der Waals surface area (Å²) in [5.74, 6) is 0.884. The van der Waals surface area contributed by atoms with Crippen LogP contribution in [-0.2, 0) is 6.42 Å². The van der Waals surface area contributed by atoms with E-state index in [1.54, 1.807) is 11.3 Å². The molecule has 0 amide bonds. The highest BCUT2D eigenvalue weighted by atomic mass is 32.1. The molecule has 1 atom stereocenters. The van der Waals surface area contributed by atoms with E-state index in [2.05, 4.69) is 39.5 Å². The van der Waals surface area contributed by atoms with Crippen LogP contribution in [0.4, 0.5) is 0 Å². The molecule has 0 aromatic carbocycles. The molecule has 1 N–H and O–H groups in total. The average Bonchev–Trinajstić information content (AvgIpc) is 2.86. The summed E-state index contributed by atoms with van der Waals surface area (Å²) in [4.78, 5) is 5.72. The van der Waals surface area contributed by atoms with E-state index in [1.807, 2.05) is 0 Å². The van der Waals surface area contributed by atoms with Crippen LogP contribution in [0, 0.1) is 5.92 Å². The molecule has 4 heteroatoms. The molecule has 2 heterocycles. The van der Waals surface area contributed by atoms with Crippen molar-refractivity contribution < 1.29 is 0 Å². The Hall–Kier alpha value is -0.870. The molecule has 3 nitrogen and oxygen atoms in total. The fraction of sp³-hybridized carbons (Fsp3) is 0.545. The van der Waals surface area contributed by atoms with E-state index in [-0.39, 0.29) is 0 Å². The maximum Gasteiger partial charge on any atom is 0.193 e. The Morgan fingerprint density at radius 1 is 1.67 bits per heavy atom. The Morgan fingerprint density at radius 2 is 2.53 bits per heavy atom. The van der Waals surface area contributed by atoms with Crippen molar-refractivity contribution in [1.29, 1.82) is 0 Å². The molecule has 3 rings (SSSR count). The number of likely N-dealkylation sites (N-methyl/N-ethyl adjacent to an activating group) is 1. The van der Waals surface area contributed by atoms with Crippen LogP contribution in [-0.4, -0.2) is 22.5 Å².